The summed E-state index contributed by atoms with van der Waals surface area (Å²) in [6.45, 7) is 0. The van der Waals surface area contributed by atoms with Crippen LogP contribution in [0.3, 0.4) is 0 Å². The second kappa shape index (κ2) is 6.35. The first-order chi connectivity index (χ1) is 10.7. The topological polar surface area (TPSA) is 34.1 Å². The highest BCUT2D eigenvalue weighted by Gasteiger charge is 2.21. The number of Topliss-reactive ketones (excluding diaryl/α,β-unsaturated/α-hetero) is 1. The smallest absolute Gasteiger partial charge is 0.185 e. The third kappa shape index (κ3) is 3.29. The molecule has 22 heavy (non-hydrogen) atoms. The summed E-state index contributed by atoms with van der Waals surface area (Å²) in [5.74, 6) is -0.122. The molecule has 0 N–H and O–H groups in total. The molecule has 1 aliphatic rings. The largest absolute Gasteiger partial charge is 0.290 e. The molecule has 0 fully saturated rings. The minimum atomic E-state index is -0.100. The summed E-state index contributed by atoms with van der Waals surface area (Å²) in [5.41, 5.74) is 3.22. The molecule has 0 saturated carbocycles. The maximum atomic E-state index is 12.6. The van der Waals surface area contributed by atoms with Gasteiger partial charge in [0.05, 0.1) is 0 Å². The molecule has 0 radical (unpaired) electrons. The van der Waals surface area contributed by atoms with Crippen molar-refractivity contribution in [1.29, 1.82) is 0 Å². The minimum absolute atomic E-state index is 0.0210. The molecule has 0 heterocycles. The van der Waals surface area contributed by atoms with Gasteiger partial charge >= 0.3 is 0 Å². The first-order valence-electron chi connectivity index (χ1n) is 7.30. The minimum Gasteiger partial charge on any atom is -0.290 e. The maximum Gasteiger partial charge on any atom is 0.185 e. The van der Waals surface area contributed by atoms with E-state index in [-0.39, 0.29) is 11.6 Å². The van der Waals surface area contributed by atoms with Crippen molar-refractivity contribution >= 4 is 11.6 Å². The van der Waals surface area contributed by atoms with Gasteiger partial charge in [-0.2, -0.15) is 0 Å². The van der Waals surface area contributed by atoms with Crippen LogP contribution in [0.15, 0.2) is 84.0 Å². The Kier molecular flexibility index (Phi) is 4.10. The highest BCUT2D eigenvalue weighted by Crippen LogP contribution is 2.20. The number of ketones is 2. The highest BCUT2D eigenvalue weighted by atomic mass is 16.1. The van der Waals surface area contributed by atoms with Crippen molar-refractivity contribution in [3.63, 3.8) is 0 Å². The van der Waals surface area contributed by atoms with Crippen molar-refractivity contribution in [2.24, 2.45) is 0 Å². The molecule has 3 rings (SSSR count). The van der Waals surface area contributed by atoms with E-state index in [0.717, 1.165) is 11.1 Å². The lowest BCUT2D eigenvalue weighted by atomic mass is 9.88. The van der Waals surface area contributed by atoms with E-state index >= 15 is 0 Å². The van der Waals surface area contributed by atoms with Crippen LogP contribution in [0, 0.1) is 0 Å². The van der Waals surface area contributed by atoms with Crippen molar-refractivity contribution in [1.82, 2.24) is 0 Å². The van der Waals surface area contributed by atoms with Crippen LogP contribution in [-0.2, 0) is 22.4 Å². The van der Waals surface area contributed by atoms with Crippen LogP contribution in [-0.4, -0.2) is 11.6 Å². The summed E-state index contributed by atoms with van der Waals surface area (Å²) >= 11 is 0. The Bertz CT molecular complexity index is 689. The predicted octanol–water partition coefficient (Wildman–Crippen LogP) is 3.48. The molecule has 0 saturated heterocycles. The van der Waals surface area contributed by atoms with Gasteiger partial charge in [0, 0.05) is 24.0 Å². The number of rotatable bonds is 4. The Morgan fingerprint density at radius 2 is 1.00 bits per heavy atom. The monoisotopic (exact) mass is 288 g/mol. The Morgan fingerprint density at radius 3 is 1.41 bits per heavy atom. The van der Waals surface area contributed by atoms with Gasteiger partial charge in [-0.25, -0.2) is 0 Å². The van der Waals surface area contributed by atoms with Crippen LogP contribution in [0.5, 0.6) is 0 Å². The summed E-state index contributed by atoms with van der Waals surface area (Å²) < 4.78 is 0. The first-order valence-corrected chi connectivity index (χ1v) is 7.30. The lowest BCUT2D eigenvalue weighted by Gasteiger charge is -2.14. The molecule has 0 atom stereocenters. The number of hydrogen-bond acceptors (Lipinski definition) is 2. The van der Waals surface area contributed by atoms with E-state index in [4.69, 9.17) is 0 Å². The predicted molar refractivity (Wildman–Crippen MR) is 86.5 cm³/mol. The van der Waals surface area contributed by atoms with E-state index < -0.39 is 0 Å². The van der Waals surface area contributed by atoms with Gasteiger partial charge in [0.2, 0.25) is 0 Å². The number of benzene rings is 2. The normalized spacial score (nSPS) is 14.5. The molecule has 2 heteroatoms. The van der Waals surface area contributed by atoms with Crippen LogP contribution in [0.4, 0.5) is 0 Å². The Labute approximate surface area is 129 Å². The van der Waals surface area contributed by atoms with Crippen LogP contribution in [0.25, 0.3) is 0 Å². The number of carbonyl (C=O) groups excluding carboxylic acids is 2. The van der Waals surface area contributed by atoms with E-state index in [2.05, 4.69) is 0 Å². The molecule has 0 bridgehead atoms. The third-order valence-electron chi connectivity index (χ3n) is 3.69. The maximum absolute atomic E-state index is 12.6. The molecule has 1 aliphatic carbocycles. The van der Waals surface area contributed by atoms with Gasteiger partial charge in [0.15, 0.2) is 11.6 Å². The number of hydrogen-bond donors (Lipinski definition) is 0. The van der Waals surface area contributed by atoms with Gasteiger partial charge < -0.3 is 0 Å². The second-order valence-corrected chi connectivity index (χ2v) is 5.40. The Morgan fingerprint density at radius 1 is 0.591 bits per heavy atom. The van der Waals surface area contributed by atoms with E-state index in [9.17, 15) is 9.59 Å². The highest BCUT2D eigenvalue weighted by molar-refractivity contribution is 6.20. The van der Waals surface area contributed by atoms with Crippen LogP contribution in [0.2, 0.25) is 0 Å². The van der Waals surface area contributed by atoms with Crippen molar-refractivity contribution < 1.29 is 9.59 Å². The molecule has 0 aliphatic heterocycles. The zero-order valence-corrected chi connectivity index (χ0v) is 12.2. The molecule has 108 valence electrons. The SMILES string of the molecule is O=C1C=C(Cc2ccccc2)C(=O)C(Cc2ccccc2)=C1. The van der Waals surface area contributed by atoms with E-state index in [1.165, 1.54) is 12.2 Å². The fourth-order valence-electron chi connectivity index (χ4n) is 2.62. The van der Waals surface area contributed by atoms with Crippen LogP contribution < -0.4 is 0 Å². The van der Waals surface area contributed by atoms with Gasteiger partial charge in [-0.15, -0.1) is 0 Å². The lowest BCUT2D eigenvalue weighted by Crippen LogP contribution is -2.17. The van der Waals surface area contributed by atoms with Gasteiger partial charge in [-0.3, -0.25) is 9.59 Å². The van der Waals surface area contributed by atoms with E-state index in [1.54, 1.807) is 0 Å². The summed E-state index contributed by atoms with van der Waals surface area (Å²) in [5, 5.41) is 0. The van der Waals surface area contributed by atoms with Gasteiger partial charge in [-0.05, 0) is 23.3 Å². The Balaban J connectivity index is 1.80. The summed E-state index contributed by atoms with van der Waals surface area (Å²) in [4.78, 5) is 24.5. The molecule has 2 aromatic carbocycles. The van der Waals surface area contributed by atoms with Crippen molar-refractivity contribution in [2.75, 3.05) is 0 Å². The average Bonchev–Trinajstić information content (AvgIpc) is 2.54. The second-order valence-electron chi connectivity index (χ2n) is 5.40. The van der Waals surface area contributed by atoms with Crippen LogP contribution in [0.1, 0.15) is 11.1 Å². The first kappa shape index (κ1) is 14.2. The molecule has 0 aromatic heterocycles. The molecule has 0 spiro atoms. The Hall–Kier alpha value is -2.74. The summed E-state index contributed by atoms with van der Waals surface area (Å²) in [6, 6.07) is 19.5. The fraction of sp³-hybridized carbons (Fsp3) is 0.100. The third-order valence-corrected chi connectivity index (χ3v) is 3.69. The number of allylic oxidation sites excluding steroid dienone is 4. The summed E-state index contributed by atoms with van der Waals surface area (Å²) in [6.07, 6.45) is 3.92. The van der Waals surface area contributed by atoms with Gasteiger partial charge in [0.1, 0.15) is 0 Å². The number of carbonyl (C=O) groups is 2. The summed E-state index contributed by atoms with van der Waals surface area (Å²) in [7, 11) is 0. The molecule has 2 nitrogen and oxygen atoms in total. The standard InChI is InChI=1S/C20H16O2/c21-19-13-17(11-15-7-3-1-4-8-15)20(22)18(14-19)12-16-9-5-2-6-10-16/h1-10,13-14H,11-12H2. The van der Waals surface area contributed by atoms with Crippen molar-refractivity contribution in [3.8, 4) is 0 Å². The van der Waals surface area contributed by atoms with Crippen molar-refractivity contribution in [2.45, 2.75) is 12.8 Å². The molecule has 0 unspecified atom stereocenters. The molecule has 0 amide bonds. The zero-order valence-electron chi connectivity index (χ0n) is 12.2. The van der Waals surface area contributed by atoms with Gasteiger partial charge in [-0.1, -0.05) is 60.7 Å². The van der Waals surface area contributed by atoms with Gasteiger partial charge in [0.25, 0.3) is 0 Å². The van der Waals surface area contributed by atoms with Crippen LogP contribution >= 0.6 is 0 Å². The molecular weight excluding hydrogens is 272 g/mol. The average molecular weight is 288 g/mol. The zero-order chi connectivity index (χ0) is 15.4. The van der Waals surface area contributed by atoms with E-state index in [1.807, 2.05) is 60.7 Å². The van der Waals surface area contributed by atoms with Crippen molar-refractivity contribution in [3.05, 3.63) is 95.1 Å². The quantitative estimate of drug-likeness (QED) is 0.807. The molecular formula is C20H16O2. The van der Waals surface area contributed by atoms with E-state index in [0.29, 0.717) is 24.0 Å². The lowest BCUT2D eigenvalue weighted by molar-refractivity contribution is -0.115. The fourth-order valence-corrected chi connectivity index (χ4v) is 2.62. The molecule has 2 aromatic rings.